The number of nitrogens with one attached hydrogen (secondary N) is 2. The normalized spacial score (nSPS) is 14.4. The van der Waals surface area contributed by atoms with Crippen molar-refractivity contribution in [2.24, 2.45) is 5.92 Å². The molecule has 0 aliphatic carbocycles. The summed E-state index contributed by atoms with van der Waals surface area (Å²) >= 11 is 6.08. The van der Waals surface area contributed by atoms with Crippen molar-refractivity contribution < 1.29 is 14.5 Å². The Bertz CT molecular complexity index is 987. The Morgan fingerprint density at radius 3 is 2.48 bits per heavy atom. The average molecular weight is 445 g/mol. The Morgan fingerprint density at radius 2 is 1.84 bits per heavy atom. The van der Waals surface area contributed by atoms with Crippen molar-refractivity contribution in [3.05, 3.63) is 63.2 Å². The van der Waals surface area contributed by atoms with Crippen molar-refractivity contribution in [2.75, 3.05) is 23.3 Å². The number of hydrogen-bond donors (Lipinski definition) is 2. The predicted molar refractivity (Wildman–Crippen MR) is 121 cm³/mol. The van der Waals surface area contributed by atoms with E-state index in [1.165, 1.54) is 6.07 Å². The standard InChI is InChI=1S/C22H25ClN4O4/c1-14(2)24-22(29)17-8-7-16(23)13-18(17)25-21(28)15-9-11-26(12-10-15)19-5-3-4-6-20(19)27(30)31/h3-8,13-15H,9-12H2,1-2H3,(H,24,29)(H,25,28). The van der Waals surface area contributed by atoms with Gasteiger partial charge in [-0.15, -0.1) is 0 Å². The second-order valence-electron chi connectivity index (χ2n) is 7.81. The molecule has 0 spiro atoms. The van der Waals surface area contributed by atoms with Gasteiger partial charge in [0, 0.05) is 36.1 Å². The molecule has 8 nitrogen and oxygen atoms in total. The summed E-state index contributed by atoms with van der Waals surface area (Å²) < 4.78 is 0. The zero-order valence-corrected chi connectivity index (χ0v) is 18.2. The monoisotopic (exact) mass is 444 g/mol. The van der Waals surface area contributed by atoms with Crippen molar-refractivity contribution in [3.8, 4) is 0 Å². The number of anilines is 2. The maximum Gasteiger partial charge on any atom is 0.292 e. The number of benzene rings is 2. The minimum atomic E-state index is -0.392. The fourth-order valence-corrected chi connectivity index (χ4v) is 3.83. The molecule has 2 N–H and O–H groups in total. The summed E-state index contributed by atoms with van der Waals surface area (Å²) in [5, 5.41) is 17.4. The fourth-order valence-electron chi connectivity index (χ4n) is 3.66. The number of carbonyl (C=O) groups excluding carboxylic acids is 2. The Kier molecular flexibility index (Phi) is 7.12. The molecule has 1 heterocycles. The number of carbonyl (C=O) groups is 2. The Morgan fingerprint density at radius 1 is 1.16 bits per heavy atom. The van der Waals surface area contributed by atoms with Gasteiger partial charge in [-0.3, -0.25) is 19.7 Å². The zero-order valence-electron chi connectivity index (χ0n) is 17.4. The summed E-state index contributed by atoms with van der Waals surface area (Å²) in [5.41, 5.74) is 1.35. The molecule has 1 fully saturated rings. The number of para-hydroxylation sites is 2. The van der Waals surface area contributed by atoms with Gasteiger partial charge in [-0.2, -0.15) is 0 Å². The number of amides is 2. The molecule has 3 rings (SSSR count). The third-order valence-electron chi connectivity index (χ3n) is 5.19. The summed E-state index contributed by atoms with van der Waals surface area (Å²) in [6.45, 7) is 4.77. The maximum absolute atomic E-state index is 12.9. The molecule has 0 atom stereocenters. The highest BCUT2D eigenvalue weighted by molar-refractivity contribution is 6.31. The summed E-state index contributed by atoms with van der Waals surface area (Å²) in [4.78, 5) is 38.2. The van der Waals surface area contributed by atoms with Gasteiger partial charge >= 0.3 is 0 Å². The number of rotatable bonds is 6. The number of halogens is 1. The number of nitro groups is 1. The highest BCUT2D eigenvalue weighted by Crippen LogP contribution is 2.32. The minimum Gasteiger partial charge on any atom is -0.366 e. The van der Waals surface area contributed by atoms with E-state index in [4.69, 9.17) is 11.6 Å². The van der Waals surface area contributed by atoms with Gasteiger partial charge in [0.2, 0.25) is 5.91 Å². The van der Waals surface area contributed by atoms with E-state index >= 15 is 0 Å². The van der Waals surface area contributed by atoms with E-state index in [9.17, 15) is 19.7 Å². The molecule has 2 aromatic carbocycles. The molecule has 164 valence electrons. The summed E-state index contributed by atoms with van der Waals surface area (Å²) in [6, 6.07) is 11.3. The van der Waals surface area contributed by atoms with Crippen LogP contribution in [0, 0.1) is 16.0 Å². The van der Waals surface area contributed by atoms with E-state index in [1.807, 2.05) is 18.7 Å². The van der Waals surface area contributed by atoms with E-state index in [0.29, 0.717) is 47.9 Å². The molecule has 1 aliphatic rings. The molecule has 0 radical (unpaired) electrons. The lowest BCUT2D eigenvalue weighted by Gasteiger charge is -2.32. The topological polar surface area (TPSA) is 105 Å². The Labute approximate surface area is 185 Å². The van der Waals surface area contributed by atoms with Crippen LogP contribution in [0.15, 0.2) is 42.5 Å². The van der Waals surface area contributed by atoms with Crippen LogP contribution in [-0.4, -0.2) is 35.9 Å². The van der Waals surface area contributed by atoms with Crippen LogP contribution in [0.2, 0.25) is 5.02 Å². The van der Waals surface area contributed by atoms with Crippen molar-refractivity contribution in [2.45, 2.75) is 32.7 Å². The first kappa shape index (κ1) is 22.6. The average Bonchev–Trinajstić information content (AvgIpc) is 2.73. The van der Waals surface area contributed by atoms with E-state index in [0.717, 1.165) is 0 Å². The maximum atomic E-state index is 12.9. The van der Waals surface area contributed by atoms with Crippen LogP contribution in [-0.2, 0) is 4.79 Å². The molecule has 31 heavy (non-hydrogen) atoms. The van der Waals surface area contributed by atoms with Crippen LogP contribution in [0.3, 0.4) is 0 Å². The smallest absolute Gasteiger partial charge is 0.292 e. The summed E-state index contributed by atoms with van der Waals surface area (Å²) in [5.74, 6) is -0.741. The van der Waals surface area contributed by atoms with Gasteiger partial charge in [-0.05, 0) is 51.0 Å². The van der Waals surface area contributed by atoms with E-state index < -0.39 is 4.92 Å². The number of nitrogens with zero attached hydrogens (tertiary/aromatic N) is 2. The first-order valence-corrected chi connectivity index (χ1v) is 10.5. The third kappa shape index (κ3) is 5.52. The Balaban J connectivity index is 1.68. The highest BCUT2D eigenvalue weighted by Gasteiger charge is 2.28. The molecular formula is C22H25ClN4O4. The lowest BCUT2D eigenvalue weighted by Crippen LogP contribution is -2.38. The molecule has 1 aliphatic heterocycles. The second-order valence-corrected chi connectivity index (χ2v) is 8.25. The lowest BCUT2D eigenvalue weighted by atomic mass is 9.95. The molecule has 2 amide bonds. The fraction of sp³-hybridized carbons (Fsp3) is 0.364. The van der Waals surface area contributed by atoms with Crippen molar-refractivity contribution in [1.82, 2.24) is 5.32 Å². The van der Waals surface area contributed by atoms with Crippen LogP contribution in [0.25, 0.3) is 0 Å². The third-order valence-corrected chi connectivity index (χ3v) is 5.42. The van der Waals surface area contributed by atoms with Gasteiger partial charge in [0.15, 0.2) is 0 Å². The van der Waals surface area contributed by atoms with Crippen LogP contribution in [0.5, 0.6) is 0 Å². The van der Waals surface area contributed by atoms with Crippen molar-refractivity contribution in [1.29, 1.82) is 0 Å². The van der Waals surface area contributed by atoms with Crippen LogP contribution >= 0.6 is 11.6 Å². The second kappa shape index (κ2) is 9.78. The van der Waals surface area contributed by atoms with Crippen LogP contribution in [0.4, 0.5) is 17.1 Å². The minimum absolute atomic E-state index is 0.0434. The largest absolute Gasteiger partial charge is 0.366 e. The van der Waals surface area contributed by atoms with E-state index in [-0.39, 0.29) is 29.5 Å². The number of hydrogen-bond acceptors (Lipinski definition) is 5. The van der Waals surface area contributed by atoms with Crippen LogP contribution in [0.1, 0.15) is 37.0 Å². The van der Waals surface area contributed by atoms with Crippen molar-refractivity contribution in [3.63, 3.8) is 0 Å². The van der Waals surface area contributed by atoms with Gasteiger partial charge in [0.25, 0.3) is 11.6 Å². The first-order valence-electron chi connectivity index (χ1n) is 10.2. The molecule has 2 aromatic rings. The molecule has 0 unspecified atom stereocenters. The SMILES string of the molecule is CC(C)NC(=O)c1ccc(Cl)cc1NC(=O)C1CCN(c2ccccc2[N+](=O)[O-])CC1. The summed E-state index contributed by atoms with van der Waals surface area (Å²) in [7, 11) is 0. The molecule has 0 bridgehead atoms. The van der Waals surface area contributed by atoms with Gasteiger partial charge < -0.3 is 15.5 Å². The summed E-state index contributed by atoms with van der Waals surface area (Å²) in [6.07, 6.45) is 1.10. The number of nitro benzene ring substituents is 1. The quantitative estimate of drug-likeness (QED) is 0.512. The predicted octanol–water partition coefficient (Wildman–Crippen LogP) is 4.24. The Hall–Kier alpha value is -3.13. The lowest BCUT2D eigenvalue weighted by molar-refractivity contribution is -0.384. The molecule has 0 aromatic heterocycles. The van der Waals surface area contributed by atoms with Gasteiger partial charge in [-0.25, -0.2) is 0 Å². The zero-order chi connectivity index (χ0) is 22.5. The van der Waals surface area contributed by atoms with Crippen LogP contribution < -0.4 is 15.5 Å². The molecule has 9 heteroatoms. The van der Waals surface area contributed by atoms with Gasteiger partial charge in [0.05, 0.1) is 16.2 Å². The van der Waals surface area contributed by atoms with Gasteiger partial charge in [-0.1, -0.05) is 23.7 Å². The number of piperidine rings is 1. The molecule has 0 saturated carbocycles. The van der Waals surface area contributed by atoms with Crippen molar-refractivity contribution >= 4 is 40.5 Å². The van der Waals surface area contributed by atoms with Gasteiger partial charge in [0.1, 0.15) is 5.69 Å². The molecular weight excluding hydrogens is 420 g/mol. The molecule has 1 saturated heterocycles. The first-order chi connectivity index (χ1) is 14.8. The highest BCUT2D eigenvalue weighted by atomic mass is 35.5. The van der Waals surface area contributed by atoms with E-state index in [1.54, 1.807) is 36.4 Å². The van der Waals surface area contributed by atoms with E-state index in [2.05, 4.69) is 10.6 Å².